The molecule has 5 N–H and O–H groups in total. The Morgan fingerprint density at radius 2 is 2.09 bits per heavy atom. The molecule has 0 unspecified atom stereocenters. The molecule has 0 aliphatic heterocycles. The van der Waals surface area contributed by atoms with Gasteiger partial charge in [0.1, 0.15) is 0 Å². The quantitative estimate of drug-likeness (QED) is 0.513. The van der Waals surface area contributed by atoms with Crippen molar-refractivity contribution >= 4 is 17.5 Å². The van der Waals surface area contributed by atoms with Crippen LogP contribution in [-0.2, 0) is 6.42 Å². The maximum absolute atomic E-state index is 12.0. The topological polar surface area (TPSA) is 130 Å². The smallest absolute Gasteiger partial charge is 0.287 e. The van der Waals surface area contributed by atoms with Gasteiger partial charge in [0.25, 0.3) is 11.8 Å². The van der Waals surface area contributed by atoms with Crippen molar-refractivity contribution in [2.75, 3.05) is 25.0 Å². The van der Waals surface area contributed by atoms with Crippen LogP contribution in [0.25, 0.3) is 0 Å². The molecule has 23 heavy (non-hydrogen) atoms. The Kier molecular flexibility index (Phi) is 5.84. The summed E-state index contributed by atoms with van der Waals surface area (Å²) in [5, 5.41) is 18.0. The van der Waals surface area contributed by atoms with E-state index in [2.05, 4.69) is 20.3 Å². The van der Waals surface area contributed by atoms with Crippen LogP contribution in [0.5, 0.6) is 0 Å². The van der Waals surface area contributed by atoms with Crippen molar-refractivity contribution in [3.8, 4) is 0 Å². The number of carbonyl (C=O) groups is 2. The highest BCUT2D eigenvalue weighted by Gasteiger charge is 2.15. The van der Waals surface area contributed by atoms with Gasteiger partial charge in [0.2, 0.25) is 5.76 Å². The second kappa shape index (κ2) is 8.06. The molecular formula is C15H18N4O4. The van der Waals surface area contributed by atoms with Crippen LogP contribution in [0.2, 0.25) is 0 Å². The first kappa shape index (κ1) is 16.7. The standard InChI is InChI=1S/C15H18N4O4/c16-14(21)13-9-12(19-23-13)15(22)18-11-3-1-2-10(8-11)4-5-17-6-7-20/h1-3,8-9,17,20H,4-7H2,(H2,16,21)(H,18,22). The van der Waals surface area contributed by atoms with Gasteiger partial charge < -0.3 is 26.0 Å². The zero-order valence-electron chi connectivity index (χ0n) is 12.4. The first-order valence-corrected chi connectivity index (χ1v) is 7.08. The summed E-state index contributed by atoms with van der Waals surface area (Å²) in [4.78, 5) is 23.0. The molecule has 2 aromatic rings. The summed E-state index contributed by atoms with van der Waals surface area (Å²) in [5.41, 5.74) is 6.67. The maximum atomic E-state index is 12.0. The van der Waals surface area contributed by atoms with Crippen molar-refractivity contribution in [1.29, 1.82) is 0 Å². The molecule has 0 aliphatic rings. The van der Waals surface area contributed by atoms with Gasteiger partial charge in [0.05, 0.1) is 6.61 Å². The average Bonchev–Trinajstić information content (AvgIpc) is 3.02. The van der Waals surface area contributed by atoms with E-state index in [1.54, 1.807) is 6.07 Å². The van der Waals surface area contributed by atoms with E-state index in [9.17, 15) is 9.59 Å². The third-order valence-corrected chi connectivity index (χ3v) is 3.05. The SMILES string of the molecule is NC(=O)c1cc(C(=O)Nc2cccc(CCNCCO)c2)no1. The molecule has 0 saturated heterocycles. The summed E-state index contributed by atoms with van der Waals surface area (Å²) >= 11 is 0. The summed E-state index contributed by atoms with van der Waals surface area (Å²) in [6, 6.07) is 8.55. The van der Waals surface area contributed by atoms with Gasteiger partial charge in [0, 0.05) is 18.3 Å². The van der Waals surface area contributed by atoms with E-state index in [1.807, 2.05) is 18.2 Å². The molecule has 2 amide bonds. The highest BCUT2D eigenvalue weighted by molar-refractivity contribution is 6.04. The number of amides is 2. The van der Waals surface area contributed by atoms with E-state index in [1.165, 1.54) is 6.07 Å². The number of hydrogen-bond donors (Lipinski definition) is 4. The third-order valence-electron chi connectivity index (χ3n) is 3.05. The number of carbonyl (C=O) groups excluding carboxylic acids is 2. The van der Waals surface area contributed by atoms with Crippen LogP contribution in [0.15, 0.2) is 34.9 Å². The number of aliphatic hydroxyl groups excluding tert-OH is 1. The first-order valence-electron chi connectivity index (χ1n) is 7.08. The first-order chi connectivity index (χ1) is 11.1. The monoisotopic (exact) mass is 318 g/mol. The van der Waals surface area contributed by atoms with Crippen molar-refractivity contribution in [1.82, 2.24) is 10.5 Å². The van der Waals surface area contributed by atoms with Crippen molar-refractivity contribution in [3.05, 3.63) is 47.3 Å². The van der Waals surface area contributed by atoms with Crippen LogP contribution >= 0.6 is 0 Å². The maximum Gasteiger partial charge on any atom is 0.287 e. The molecule has 0 atom stereocenters. The lowest BCUT2D eigenvalue weighted by molar-refractivity contribution is 0.0960. The van der Waals surface area contributed by atoms with E-state index in [-0.39, 0.29) is 18.1 Å². The minimum Gasteiger partial charge on any atom is -0.395 e. The van der Waals surface area contributed by atoms with Gasteiger partial charge in [-0.2, -0.15) is 0 Å². The van der Waals surface area contributed by atoms with Gasteiger partial charge in [-0.3, -0.25) is 9.59 Å². The van der Waals surface area contributed by atoms with Crippen LogP contribution in [0.3, 0.4) is 0 Å². The van der Waals surface area contributed by atoms with E-state index in [0.717, 1.165) is 18.5 Å². The third kappa shape index (κ3) is 4.90. The summed E-state index contributed by atoms with van der Waals surface area (Å²) in [7, 11) is 0. The number of primary amides is 1. The fourth-order valence-corrected chi connectivity index (χ4v) is 1.93. The van der Waals surface area contributed by atoms with Gasteiger partial charge in [-0.15, -0.1) is 0 Å². The van der Waals surface area contributed by atoms with Crippen molar-refractivity contribution in [2.45, 2.75) is 6.42 Å². The predicted molar refractivity (Wildman–Crippen MR) is 83.1 cm³/mol. The Morgan fingerprint density at radius 1 is 1.26 bits per heavy atom. The van der Waals surface area contributed by atoms with Crippen LogP contribution in [0.1, 0.15) is 26.6 Å². The Labute approximate surface area is 132 Å². The van der Waals surface area contributed by atoms with Crippen LogP contribution in [0, 0.1) is 0 Å². The molecule has 0 saturated carbocycles. The number of nitrogens with two attached hydrogens (primary N) is 1. The summed E-state index contributed by atoms with van der Waals surface area (Å²) in [5.74, 6) is -1.44. The molecule has 0 radical (unpaired) electrons. The minimum absolute atomic E-state index is 0.0196. The zero-order chi connectivity index (χ0) is 16.7. The lowest BCUT2D eigenvalue weighted by Gasteiger charge is -2.07. The molecule has 1 heterocycles. The summed E-state index contributed by atoms with van der Waals surface area (Å²) in [6.45, 7) is 1.37. The molecule has 2 rings (SSSR count). The van der Waals surface area contributed by atoms with E-state index in [0.29, 0.717) is 12.2 Å². The zero-order valence-corrected chi connectivity index (χ0v) is 12.4. The lowest BCUT2D eigenvalue weighted by atomic mass is 10.1. The number of anilines is 1. The Morgan fingerprint density at radius 3 is 2.78 bits per heavy atom. The average molecular weight is 318 g/mol. The molecule has 0 bridgehead atoms. The normalized spacial score (nSPS) is 10.5. The molecule has 1 aromatic carbocycles. The molecule has 8 heteroatoms. The van der Waals surface area contributed by atoms with Crippen molar-refractivity contribution in [3.63, 3.8) is 0 Å². The summed E-state index contributed by atoms with van der Waals surface area (Å²) in [6.07, 6.45) is 0.763. The van der Waals surface area contributed by atoms with Crippen molar-refractivity contribution in [2.24, 2.45) is 5.73 Å². The van der Waals surface area contributed by atoms with Crippen LogP contribution in [0.4, 0.5) is 5.69 Å². The number of aliphatic hydroxyl groups is 1. The molecular weight excluding hydrogens is 300 g/mol. The van der Waals surface area contributed by atoms with Gasteiger partial charge in [-0.25, -0.2) is 0 Å². The Balaban J connectivity index is 1.96. The molecule has 0 fully saturated rings. The van der Waals surface area contributed by atoms with Crippen LogP contribution in [-0.4, -0.2) is 41.8 Å². The molecule has 0 aliphatic carbocycles. The predicted octanol–water partition coefficient (Wildman–Crippen LogP) is 0.150. The lowest BCUT2D eigenvalue weighted by Crippen LogP contribution is -2.20. The molecule has 0 spiro atoms. The van der Waals surface area contributed by atoms with Gasteiger partial charge in [0.15, 0.2) is 5.69 Å². The molecule has 122 valence electrons. The van der Waals surface area contributed by atoms with E-state index in [4.69, 9.17) is 10.8 Å². The highest BCUT2D eigenvalue weighted by atomic mass is 16.5. The number of aromatic nitrogens is 1. The Bertz CT molecular complexity index is 684. The second-order valence-electron chi connectivity index (χ2n) is 4.82. The van der Waals surface area contributed by atoms with Gasteiger partial charge in [-0.05, 0) is 30.7 Å². The number of hydrogen-bond acceptors (Lipinski definition) is 6. The molecule has 1 aromatic heterocycles. The Hall–Kier alpha value is -2.71. The van der Waals surface area contributed by atoms with Crippen molar-refractivity contribution < 1.29 is 19.2 Å². The van der Waals surface area contributed by atoms with Gasteiger partial charge in [-0.1, -0.05) is 17.3 Å². The minimum atomic E-state index is -0.783. The fraction of sp³-hybridized carbons (Fsp3) is 0.267. The number of nitrogens with zero attached hydrogens (tertiary/aromatic N) is 1. The fourth-order valence-electron chi connectivity index (χ4n) is 1.93. The van der Waals surface area contributed by atoms with E-state index < -0.39 is 11.8 Å². The largest absolute Gasteiger partial charge is 0.395 e. The van der Waals surface area contributed by atoms with Crippen LogP contribution < -0.4 is 16.4 Å². The highest BCUT2D eigenvalue weighted by Crippen LogP contribution is 2.13. The van der Waals surface area contributed by atoms with Gasteiger partial charge >= 0.3 is 0 Å². The number of benzene rings is 1. The second-order valence-corrected chi connectivity index (χ2v) is 4.82. The number of nitrogens with one attached hydrogen (secondary N) is 2. The molecule has 8 nitrogen and oxygen atoms in total. The van der Waals surface area contributed by atoms with E-state index >= 15 is 0 Å². The number of rotatable bonds is 8. The summed E-state index contributed by atoms with van der Waals surface area (Å²) < 4.78 is 4.67.